The molecule has 12 heavy (non-hydrogen) atoms. The van der Waals surface area contributed by atoms with Gasteiger partial charge in [0.25, 0.3) is 0 Å². The highest BCUT2D eigenvalue weighted by molar-refractivity contribution is 5.79. The van der Waals surface area contributed by atoms with Crippen LogP contribution in [-0.4, -0.2) is 37.6 Å². The van der Waals surface area contributed by atoms with Gasteiger partial charge in [0.15, 0.2) is 0 Å². The lowest BCUT2D eigenvalue weighted by Crippen LogP contribution is -2.45. The maximum Gasteiger partial charge on any atom is 0.357 e. The van der Waals surface area contributed by atoms with Gasteiger partial charge in [0.2, 0.25) is 0 Å². The standard InChI is InChI=1S/C6H13N4O2/c1-4-7-5(11)8-9-6(12)10(2)3/h4H2,1-3H3,(H,7,11)(H,9,12). The molecule has 0 aliphatic heterocycles. The molecule has 0 saturated carbocycles. The van der Waals surface area contributed by atoms with E-state index in [0.717, 1.165) is 0 Å². The van der Waals surface area contributed by atoms with Crippen molar-refractivity contribution in [2.24, 2.45) is 0 Å². The number of rotatable bonds is 1. The third-order valence-corrected chi connectivity index (χ3v) is 0.987. The molecule has 4 amide bonds. The largest absolute Gasteiger partial charge is 0.357 e. The second-order valence-corrected chi connectivity index (χ2v) is 2.26. The van der Waals surface area contributed by atoms with E-state index in [9.17, 15) is 9.59 Å². The summed E-state index contributed by atoms with van der Waals surface area (Å²) in [6, 6.07) is -0.978. The van der Waals surface area contributed by atoms with Gasteiger partial charge >= 0.3 is 12.1 Å². The molecule has 0 spiro atoms. The Morgan fingerprint density at radius 2 is 2.00 bits per heavy atom. The van der Waals surface area contributed by atoms with Crippen LogP contribution in [0.15, 0.2) is 0 Å². The highest BCUT2D eigenvalue weighted by Gasteiger charge is 2.05. The second kappa shape index (κ2) is 5.22. The number of carbonyl (C=O) groups excluding carboxylic acids is 2. The molecule has 69 valence electrons. The highest BCUT2D eigenvalue weighted by Crippen LogP contribution is 1.74. The molecule has 0 fully saturated rings. The first-order valence-corrected chi connectivity index (χ1v) is 3.53. The van der Waals surface area contributed by atoms with Crippen LogP contribution < -0.4 is 16.2 Å². The lowest BCUT2D eigenvalue weighted by molar-refractivity contribution is 0.206. The fraction of sp³-hybridized carbons (Fsp3) is 0.667. The van der Waals surface area contributed by atoms with Gasteiger partial charge < -0.3 is 10.2 Å². The lowest BCUT2D eigenvalue weighted by Gasteiger charge is -2.10. The molecule has 0 unspecified atom stereocenters. The molecule has 0 aromatic heterocycles. The molecule has 0 atom stereocenters. The fourth-order valence-corrected chi connectivity index (χ4v) is 0.389. The lowest BCUT2D eigenvalue weighted by atomic mass is 10.7. The molecular weight excluding hydrogens is 160 g/mol. The van der Waals surface area contributed by atoms with E-state index in [1.807, 2.05) is 0 Å². The number of amides is 4. The third kappa shape index (κ3) is 4.37. The van der Waals surface area contributed by atoms with Crippen molar-refractivity contribution in [2.45, 2.75) is 6.92 Å². The van der Waals surface area contributed by atoms with Gasteiger partial charge in [0.1, 0.15) is 0 Å². The topological polar surface area (TPSA) is 75.5 Å². The zero-order valence-electron chi connectivity index (χ0n) is 7.42. The Kier molecular flexibility index (Phi) is 4.59. The highest BCUT2D eigenvalue weighted by atomic mass is 16.2. The molecule has 6 nitrogen and oxygen atoms in total. The van der Waals surface area contributed by atoms with Crippen molar-refractivity contribution >= 4 is 12.1 Å². The Morgan fingerprint density at radius 1 is 1.42 bits per heavy atom. The molecule has 2 N–H and O–H groups in total. The number of urea groups is 2. The first kappa shape index (κ1) is 10.5. The van der Waals surface area contributed by atoms with Gasteiger partial charge in [0, 0.05) is 20.6 Å². The molecule has 0 saturated heterocycles. The molecule has 0 heterocycles. The van der Waals surface area contributed by atoms with E-state index >= 15 is 0 Å². The monoisotopic (exact) mass is 173 g/mol. The number of carbonyl (C=O) groups is 2. The number of nitrogens with zero attached hydrogens (tertiary/aromatic N) is 2. The Morgan fingerprint density at radius 3 is 2.42 bits per heavy atom. The summed E-state index contributed by atoms with van der Waals surface area (Å²) < 4.78 is 0. The summed E-state index contributed by atoms with van der Waals surface area (Å²) >= 11 is 0. The Balaban J connectivity index is 3.54. The van der Waals surface area contributed by atoms with Gasteiger partial charge in [-0.2, -0.15) is 0 Å². The summed E-state index contributed by atoms with van der Waals surface area (Å²) in [5.74, 6) is 0. The van der Waals surface area contributed by atoms with Crippen molar-refractivity contribution in [3.63, 3.8) is 0 Å². The quantitative estimate of drug-likeness (QED) is 0.525. The zero-order chi connectivity index (χ0) is 9.56. The van der Waals surface area contributed by atoms with Crippen LogP contribution in [0.2, 0.25) is 0 Å². The third-order valence-electron chi connectivity index (χ3n) is 0.987. The number of nitrogens with one attached hydrogen (secondary N) is 2. The van der Waals surface area contributed by atoms with E-state index in [2.05, 4.69) is 16.2 Å². The minimum absolute atomic E-state index is 0.429. The average Bonchev–Trinajstić information content (AvgIpc) is 2.00. The van der Waals surface area contributed by atoms with Crippen LogP contribution >= 0.6 is 0 Å². The first-order chi connectivity index (χ1) is 5.57. The minimum Gasteiger partial charge on any atom is -0.335 e. The fourth-order valence-electron chi connectivity index (χ4n) is 0.389. The van der Waals surface area contributed by atoms with Crippen LogP contribution in [0.4, 0.5) is 9.59 Å². The van der Waals surface area contributed by atoms with E-state index in [1.165, 1.54) is 4.90 Å². The van der Waals surface area contributed by atoms with Gasteiger partial charge in [-0.05, 0) is 6.92 Å². The van der Waals surface area contributed by atoms with Crippen LogP contribution in [0.5, 0.6) is 0 Å². The maximum atomic E-state index is 10.8. The van der Waals surface area contributed by atoms with E-state index in [0.29, 0.717) is 6.54 Å². The summed E-state index contributed by atoms with van der Waals surface area (Å²) in [4.78, 5) is 22.7. The number of hydrogen-bond donors (Lipinski definition) is 2. The van der Waals surface area contributed by atoms with Crippen LogP contribution in [0.1, 0.15) is 6.92 Å². The normalized spacial score (nSPS) is 8.58. The van der Waals surface area contributed by atoms with Crippen molar-refractivity contribution in [3.8, 4) is 0 Å². The van der Waals surface area contributed by atoms with E-state index in [1.54, 1.807) is 21.0 Å². The van der Waals surface area contributed by atoms with E-state index in [4.69, 9.17) is 0 Å². The summed E-state index contributed by atoms with van der Waals surface area (Å²) in [6.07, 6.45) is 0. The van der Waals surface area contributed by atoms with Gasteiger partial charge in [0.05, 0.1) is 0 Å². The summed E-state index contributed by atoms with van der Waals surface area (Å²) in [6.45, 7) is 2.25. The summed E-state index contributed by atoms with van der Waals surface area (Å²) in [7, 11) is 3.12. The average molecular weight is 173 g/mol. The molecule has 0 aromatic carbocycles. The number of hydrogen-bond acceptors (Lipinski definition) is 2. The van der Waals surface area contributed by atoms with Gasteiger partial charge in [-0.25, -0.2) is 15.0 Å². The predicted octanol–water partition coefficient (Wildman–Crippen LogP) is -0.493. The Hall–Kier alpha value is -1.46. The molecule has 0 aliphatic rings. The van der Waals surface area contributed by atoms with Crippen molar-refractivity contribution in [1.29, 1.82) is 0 Å². The molecule has 0 bridgehead atoms. The minimum atomic E-state index is -0.548. The van der Waals surface area contributed by atoms with E-state index in [-0.39, 0.29) is 0 Å². The molecule has 0 rings (SSSR count). The van der Waals surface area contributed by atoms with Gasteiger partial charge in [-0.3, -0.25) is 0 Å². The molecule has 6 heteroatoms. The molecule has 0 aromatic rings. The maximum absolute atomic E-state index is 10.8. The molecule has 0 aliphatic carbocycles. The van der Waals surface area contributed by atoms with Crippen LogP contribution in [-0.2, 0) is 0 Å². The molecule has 1 radical (unpaired) electrons. The van der Waals surface area contributed by atoms with Crippen molar-refractivity contribution in [2.75, 3.05) is 20.6 Å². The van der Waals surface area contributed by atoms with Crippen molar-refractivity contribution < 1.29 is 9.59 Å². The first-order valence-electron chi connectivity index (χ1n) is 3.53. The van der Waals surface area contributed by atoms with E-state index < -0.39 is 12.1 Å². The Labute approximate surface area is 71.3 Å². The van der Waals surface area contributed by atoms with Gasteiger partial charge in [-0.1, -0.05) is 0 Å². The summed E-state index contributed by atoms with van der Waals surface area (Å²) in [5, 5.41) is 2.40. The predicted molar refractivity (Wildman–Crippen MR) is 43.4 cm³/mol. The van der Waals surface area contributed by atoms with Crippen molar-refractivity contribution in [1.82, 2.24) is 21.1 Å². The SMILES string of the molecule is CCNC(=O)[N]NC(=O)N(C)C. The van der Waals surface area contributed by atoms with Crippen LogP contribution in [0, 0.1) is 0 Å². The van der Waals surface area contributed by atoms with Crippen molar-refractivity contribution in [3.05, 3.63) is 0 Å². The van der Waals surface area contributed by atoms with Crippen LogP contribution in [0.3, 0.4) is 0 Å². The van der Waals surface area contributed by atoms with Crippen LogP contribution in [0.25, 0.3) is 0 Å². The summed E-state index contributed by atoms with van der Waals surface area (Å²) in [5.41, 5.74) is 5.31. The zero-order valence-corrected chi connectivity index (χ0v) is 7.42. The second-order valence-electron chi connectivity index (χ2n) is 2.26. The smallest absolute Gasteiger partial charge is 0.335 e. The Bertz CT molecular complexity index is 169. The van der Waals surface area contributed by atoms with Gasteiger partial charge in [-0.15, -0.1) is 5.43 Å². The molecular formula is C6H13N4O2.